The maximum atomic E-state index is 4.65. The highest BCUT2D eigenvalue weighted by molar-refractivity contribution is 5.79. The van der Waals surface area contributed by atoms with E-state index in [1.807, 2.05) is 30.2 Å². The highest BCUT2D eigenvalue weighted by Gasteiger charge is 2.18. The van der Waals surface area contributed by atoms with Crippen LogP contribution in [0.2, 0.25) is 0 Å². The lowest BCUT2D eigenvalue weighted by atomic mass is 9.96. The van der Waals surface area contributed by atoms with E-state index < -0.39 is 0 Å². The SMILES string of the molecule is Cn1cncc1CNc1ccc2nc(C(C)(C)C)[nH]c2c1. The molecule has 21 heavy (non-hydrogen) atoms. The molecule has 2 aromatic heterocycles. The van der Waals surface area contributed by atoms with Crippen molar-refractivity contribution in [2.24, 2.45) is 7.05 Å². The van der Waals surface area contributed by atoms with Gasteiger partial charge in [0.2, 0.25) is 0 Å². The average molecular weight is 283 g/mol. The Kier molecular flexibility index (Phi) is 3.20. The van der Waals surface area contributed by atoms with Gasteiger partial charge >= 0.3 is 0 Å². The summed E-state index contributed by atoms with van der Waals surface area (Å²) in [6.07, 6.45) is 3.68. The molecule has 110 valence electrons. The second kappa shape index (κ2) is 4.91. The van der Waals surface area contributed by atoms with Gasteiger partial charge in [-0.3, -0.25) is 0 Å². The summed E-state index contributed by atoms with van der Waals surface area (Å²) in [6.45, 7) is 7.23. The number of H-pyrrole nitrogens is 1. The first-order valence-corrected chi connectivity index (χ1v) is 7.13. The van der Waals surface area contributed by atoms with E-state index in [0.717, 1.165) is 34.8 Å². The number of benzene rings is 1. The second-order valence-electron chi connectivity index (χ2n) is 6.42. The van der Waals surface area contributed by atoms with Crippen molar-refractivity contribution >= 4 is 16.7 Å². The molecule has 2 N–H and O–H groups in total. The van der Waals surface area contributed by atoms with Crippen LogP contribution in [0.4, 0.5) is 5.69 Å². The monoisotopic (exact) mass is 283 g/mol. The van der Waals surface area contributed by atoms with Gasteiger partial charge in [-0.15, -0.1) is 0 Å². The number of fused-ring (bicyclic) bond motifs is 1. The predicted molar refractivity (Wildman–Crippen MR) is 85.3 cm³/mol. The molecule has 0 radical (unpaired) electrons. The molecule has 1 aromatic carbocycles. The fraction of sp³-hybridized carbons (Fsp3) is 0.375. The molecular weight excluding hydrogens is 262 g/mol. The van der Waals surface area contributed by atoms with Crippen LogP contribution in [0.3, 0.4) is 0 Å². The highest BCUT2D eigenvalue weighted by atomic mass is 15.0. The fourth-order valence-corrected chi connectivity index (χ4v) is 2.22. The smallest absolute Gasteiger partial charge is 0.112 e. The summed E-state index contributed by atoms with van der Waals surface area (Å²) in [6, 6.07) is 6.21. The van der Waals surface area contributed by atoms with Gasteiger partial charge in [0.1, 0.15) is 5.82 Å². The Hall–Kier alpha value is -2.30. The van der Waals surface area contributed by atoms with Crippen LogP contribution in [0.1, 0.15) is 32.3 Å². The number of hydrogen-bond donors (Lipinski definition) is 2. The van der Waals surface area contributed by atoms with E-state index in [2.05, 4.69) is 53.2 Å². The molecule has 5 nitrogen and oxygen atoms in total. The number of aromatic nitrogens is 4. The molecule has 2 heterocycles. The Morgan fingerprint density at radius 3 is 2.76 bits per heavy atom. The van der Waals surface area contributed by atoms with E-state index in [4.69, 9.17) is 0 Å². The van der Waals surface area contributed by atoms with Gasteiger partial charge in [-0.05, 0) is 18.2 Å². The van der Waals surface area contributed by atoms with Crippen molar-refractivity contribution in [2.45, 2.75) is 32.7 Å². The average Bonchev–Trinajstić information content (AvgIpc) is 3.01. The van der Waals surface area contributed by atoms with E-state index in [1.165, 1.54) is 0 Å². The standard InChI is InChI=1S/C16H21N5/c1-16(2,3)15-19-13-6-5-11(7-14(13)20-15)18-9-12-8-17-10-21(12)4/h5-8,10,18H,9H2,1-4H3,(H,19,20). The van der Waals surface area contributed by atoms with Crippen molar-refractivity contribution in [3.05, 3.63) is 42.2 Å². The van der Waals surface area contributed by atoms with E-state index in [0.29, 0.717) is 0 Å². The lowest BCUT2D eigenvalue weighted by Gasteiger charge is -2.13. The third kappa shape index (κ3) is 2.77. The van der Waals surface area contributed by atoms with Crippen LogP contribution in [0, 0.1) is 0 Å². The summed E-state index contributed by atoms with van der Waals surface area (Å²) in [5.41, 5.74) is 4.32. The zero-order valence-corrected chi connectivity index (χ0v) is 12.9. The molecule has 3 rings (SSSR count). The van der Waals surface area contributed by atoms with Crippen molar-refractivity contribution < 1.29 is 0 Å². The fourth-order valence-electron chi connectivity index (χ4n) is 2.22. The summed E-state index contributed by atoms with van der Waals surface area (Å²) in [7, 11) is 2.00. The van der Waals surface area contributed by atoms with Gasteiger partial charge < -0.3 is 14.9 Å². The largest absolute Gasteiger partial charge is 0.379 e. The minimum atomic E-state index is 0.0291. The third-order valence-corrected chi connectivity index (χ3v) is 3.58. The van der Waals surface area contributed by atoms with Gasteiger partial charge in [-0.25, -0.2) is 9.97 Å². The molecule has 0 aliphatic heterocycles. The molecule has 0 atom stereocenters. The number of hydrogen-bond acceptors (Lipinski definition) is 3. The van der Waals surface area contributed by atoms with Crippen molar-refractivity contribution in [3.63, 3.8) is 0 Å². The van der Waals surface area contributed by atoms with Gasteiger partial charge in [-0.2, -0.15) is 0 Å². The van der Waals surface area contributed by atoms with Gasteiger partial charge in [0.25, 0.3) is 0 Å². The number of aromatic amines is 1. The number of rotatable bonds is 3. The molecule has 0 saturated heterocycles. The molecule has 0 saturated carbocycles. The van der Waals surface area contributed by atoms with Crippen LogP contribution in [-0.2, 0) is 19.0 Å². The first-order chi connectivity index (χ1) is 9.93. The van der Waals surface area contributed by atoms with Crippen molar-refractivity contribution in [1.82, 2.24) is 19.5 Å². The third-order valence-electron chi connectivity index (χ3n) is 3.58. The van der Waals surface area contributed by atoms with Crippen molar-refractivity contribution in [2.75, 3.05) is 5.32 Å². The summed E-state index contributed by atoms with van der Waals surface area (Å²) in [5.74, 6) is 1.02. The topological polar surface area (TPSA) is 58.5 Å². The number of nitrogens with zero attached hydrogens (tertiary/aromatic N) is 3. The Labute approximate surface area is 124 Å². The highest BCUT2D eigenvalue weighted by Crippen LogP contribution is 2.24. The number of imidazole rings is 2. The molecular formula is C16H21N5. The number of aryl methyl sites for hydroxylation is 1. The second-order valence-corrected chi connectivity index (χ2v) is 6.42. The molecule has 0 bridgehead atoms. The molecule has 5 heteroatoms. The normalized spacial score (nSPS) is 12.0. The van der Waals surface area contributed by atoms with Gasteiger partial charge in [-0.1, -0.05) is 20.8 Å². The van der Waals surface area contributed by atoms with Crippen LogP contribution in [0.5, 0.6) is 0 Å². The minimum absolute atomic E-state index is 0.0291. The Balaban J connectivity index is 1.82. The number of anilines is 1. The van der Waals surface area contributed by atoms with Gasteiger partial charge in [0.05, 0.1) is 29.6 Å². The summed E-state index contributed by atoms with van der Waals surface area (Å²) < 4.78 is 2.01. The Bertz CT molecular complexity index is 760. The number of nitrogens with one attached hydrogen (secondary N) is 2. The van der Waals surface area contributed by atoms with Crippen LogP contribution in [-0.4, -0.2) is 19.5 Å². The van der Waals surface area contributed by atoms with Crippen LogP contribution >= 0.6 is 0 Å². The molecule has 0 amide bonds. The van der Waals surface area contributed by atoms with Gasteiger partial charge in [0, 0.05) is 24.3 Å². The first-order valence-electron chi connectivity index (χ1n) is 7.13. The molecule has 0 spiro atoms. The molecule has 0 fully saturated rings. The molecule has 0 unspecified atom stereocenters. The van der Waals surface area contributed by atoms with Crippen molar-refractivity contribution in [3.8, 4) is 0 Å². The van der Waals surface area contributed by atoms with Crippen LogP contribution < -0.4 is 5.32 Å². The predicted octanol–water partition coefficient (Wildman–Crippen LogP) is 3.21. The van der Waals surface area contributed by atoms with Crippen LogP contribution in [0.15, 0.2) is 30.7 Å². The Morgan fingerprint density at radius 1 is 1.29 bits per heavy atom. The van der Waals surface area contributed by atoms with E-state index in [9.17, 15) is 0 Å². The summed E-state index contributed by atoms with van der Waals surface area (Å²) in [5, 5.41) is 3.42. The Morgan fingerprint density at radius 2 is 2.10 bits per heavy atom. The zero-order chi connectivity index (χ0) is 15.0. The van der Waals surface area contributed by atoms with E-state index in [1.54, 1.807) is 0 Å². The summed E-state index contributed by atoms with van der Waals surface area (Å²) in [4.78, 5) is 12.2. The lowest BCUT2D eigenvalue weighted by Crippen LogP contribution is -2.12. The van der Waals surface area contributed by atoms with Crippen molar-refractivity contribution in [1.29, 1.82) is 0 Å². The molecule has 0 aliphatic carbocycles. The maximum absolute atomic E-state index is 4.65. The molecule has 3 aromatic rings. The lowest BCUT2D eigenvalue weighted by molar-refractivity contribution is 0.554. The van der Waals surface area contributed by atoms with Crippen LogP contribution in [0.25, 0.3) is 11.0 Å². The first kappa shape index (κ1) is 13.7. The maximum Gasteiger partial charge on any atom is 0.112 e. The zero-order valence-electron chi connectivity index (χ0n) is 12.9. The quantitative estimate of drug-likeness (QED) is 0.776. The minimum Gasteiger partial charge on any atom is -0.379 e. The van der Waals surface area contributed by atoms with Gasteiger partial charge in [0.15, 0.2) is 0 Å². The molecule has 0 aliphatic rings. The summed E-state index contributed by atoms with van der Waals surface area (Å²) >= 11 is 0. The van der Waals surface area contributed by atoms with E-state index >= 15 is 0 Å². The van der Waals surface area contributed by atoms with E-state index in [-0.39, 0.29) is 5.41 Å².